The van der Waals surface area contributed by atoms with Gasteiger partial charge in [-0.15, -0.1) is 0 Å². The van der Waals surface area contributed by atoms with Crippen LogP contribution >= 0.6 is 0 Å². The largest absolute Gasteiger partial charge is 0.508 e. The van der Waals surface area contributed by atoms with E-state index in [4.69, 9.17) is 17.2 Å². The Morgan fingerprint density at radius 3 is 2.06 bits per heavy atom. The third-order valence-electron chi connectivity index (χ3n) is 8.41. The molecular formula is C35H55N9O9. The monoisotopic (exact) mass is 745 g/mol. The second-order valence-electron chi connectivity index (χ2n) is 13.4. The summed E-state index contributed by atoms with van der Waals surface area (Å²) in [5, 5.41) is 35.0. The highest BCUT2D eigenvalue weighted by atomic mass is 16.4. The van der Waals surface area contributed by atoms with Gasteiger partial charge in [-0.05, 0) is 81.5 Å². The molecular weight excluding hydrogens is 690 g/mol. The highest BCUT2D eigenvalue weighted by molar-refractivity contribution is 5.96. The van der Waals surface area contributed by atoms with Gasteiger partial charge >= 0.3 is 12.0 Å². The topological polar surface area (TPSA) is 310 Å². The van der Waals surface area contributed by atoms with E-state index in [0.29, 0.717) is 24.9 Å². The smallest absolute Gasteiger partial charge is 0.326 e. The van der Waals surface area contributed by atoms with Gasteiger partial charge in [-0.2, -0.15) is 0 Å². The fourth-order valence-electron chi connectivity index (χ4n) is 5.50. The van der Waals surface area contributed by atoms with E-state index in [0.717, 1.165) is 0 Å². The molecule has 0 unspecified atom stereocenters. The first kappa shape index (κ1) is 43.9. The number of hydrogen-bond donors (Lipinski definition) is 11. The lowest BCUT2D eigenvalue weighted by molar-refractivity contribution is -0.142. The van der Waals surface area contributed by atoms with Crippen molar-refractivity contribution in [2.24, 2.45) is 23.1 Å². The molecule has 6 atom stereocenters. The van der Waals surface area contributed by atoms with E-state index in [1.807, 2.05) is 0 Å². The normalized spacial score (nSPS) is 21.5. The van der Waals surface area contributed by atoms with Crippen LogP contribution < -0.4 is 49.1 Å². The zero-order chi connectivity index (χ0) is 39.5. The van der Waals surface area contributed by atoms with Gasteiger partial charge < -0.3 is 59.3 Å². The summed E-state index contributed by atoms with van der Waals surface area (Å²) in [6.45, 7) is 4.04. The molecule has 7 amide bonds. The van der Waals surface area contributed by atoms with Crippen molar-refractivity contribution in [1.82, 2.24) is 31.9 Å². The summed E-state index contributed by atoms with van der Waals surface area (Å²) < 4.78 is 0. The van der Waals surface area contributed by atoms with Crippen molar-refractivity contribution >= 4 is 41.5 Å². The van der Waals surface area contributed by atoms with Crippen molar-refractivity contribution in [2.45, 2.75) is 108 Å². The number of urea groups is 1. The second kappa shape index (κ2) is 22.7. The summed E-state index contributed by atoms with van der Waals surface area (Å²) in [4.78, 5) is 90.9. The minimum Gasteiger partial charge on any atom is -0.508 e. The molecule has 18 heteroatoms. The van der Waals surface area contributed by atoms with Crippen LogP contribution in [0.3, 0.4) is 0 Å². The number of rotatable bonds is 17. The van der Waals surface area contributed by atoms with E-state index >= 15 is 0 Å². The molecule has 0 spiro atoms. The summed E-state index contributed by atoms with van der Waals surface area (Å²) in [5.41, 5.74) is 17.4. The number of carbonyl (C=O) groups excluding carboxylic acids is 6. The predicted octanol–water partition coefficient (Wildman–Crippen LogP) is -1.26. The van der Waals surface area contributed by atoms with Gasteiger partial charge in [0.2, 0.25) is 29.5 Å². The van der Waals surface area contributed by atoms with Crippen LogP contribution in [0, 0.1) is 5.92 Å². The number of hydrogen-bond acceptors (Lipinski definition) is 10. The fourth-order valence-corrected chi connectivity index (χ4v) is 5.50. The SMILES string of the molecule is CC(C)C[C@H](NC(=O)[C@H](Cc1ccc(O)cc1)NC(=O)[C@@H]1C/C=C/C[C@H](N)C(=O)N[C@@H](CCCCN)C(=O)N[C@@H](CCCNC(N)=O)C(=O)N1)C(=O)O. The van der Waals surface area contributed by atoms with Crippen LogP contribution in [0.4, 0.5) is 4.79 Å². The maximum atomic E-state index is 13.9. The Morgan fingerprint density at radius 2 is 1.45 bits per heavy atom. The van der Waals surface area contributed by atoms with E-state index in [1.54, 1.807) is 38.1 Å². The van der Waals surface area contributed by atoms with Gasteiger partial charge in [0, 0.05) is 13.0 Å². The van der Waals surface area contributed by atoms with Crippen LogP contribution in [0.2, 0.25) is 0 Å². The number of phenolic OH excluding ortho intramolecular Hbond substituents is 1. The summed E-state index contributed by atoms with van der Waals surface area (Å²) in [6.07, 6.45) is 4.55. The van der Waals surface area contributed by atoms with Gasteiger partial charge in [0.05, 0.1) is 6.04 Å². The number of benzene rings is 1. The third-order valence-corrected chi connectivity index (χ3v) is 8.41. The van der Waals surface area contributed by atoms with E-state index in [1.165, 1.54) is 12.1 Å². The Bertz CT molecular complexity index is 1440. The summed E-state index contributed by atoms with van der Waals surface area (Å²) in [5.74, 6) is -4.96. The van der Waals surface area contributed by atoms with Crippen molar-refractivity contribution in [3.05, 3.63) is 42.0 Å². The van der Waals surface area contributed by atoms with Crippen molar-refractivity contribution in [1.29, 1.82) is 0 Å². The maximum Gasteiger partial charge on any atom is 0.326 e. The van der Waals surface area contributed by atoms with Crippen LogP contribution in [-0.4, -0.2) is 101 Å². The Kier molecular flexibility index (Phi) is 18.8. The van der Waals surface area contributed by atoms with Crippen LogP contribution in [0.1, 0.15) is 70.8 Å². The molecule has 0 bridgehead atoms. The number of unbranched alkanes of at least 4 members (excludes halogenated alkanes) is 1. The number of nitrogens with two attached hydrogens (primary N) is 3. The number of amides is 7. The van der Waals surface area contributed by atoms with Crippen molar-refractivity contribution < 1.29 is 43.8 Å². The molecule has 1 aromatic carbocycles. The summed E-state index contributed by atoms with van der Waals surface area (Å²) in [7, 11) is 0. The first-order chi connectivity index (χ1) is 25.1. The van der Waals surface area contributed by atoms with Crippen LogP contribution in [0.15, 0.2) is 36.4 Å². The van der Waals surface area contributed by atoms with Crippen LogP contribution in [-0.2, 0) is 35.2 Å². The third kappa shape index (κ3) is 16.3. The number of aliphatic carboxylic acids is 1. The molecule has 1 aliphatic heterocycles. The molecule has 0 fully saturated rings. The summed E-state index contributed by atoms with van der Waals surface area (Å²) >= 11 is 0. The number of primary amides is 1. The van der Waals surface area contributed by atoms with E-state index < -0.39 is 77.8 Å². The Balaban J connectivity index is 2.45. The molecule has 53 heavy (non-hydrogen) atoms. The second-order valence-corrected chi connectivity index (χ2v) is 13.4. The molecule has 14 N–H and O–H groups in total. The number of carbonyl (C=O) groups is 7. The molecule has 0 radical (unpaired) electrons. The van der Waals surface area contributed by atoms with Gasteiger partial charge in [0.15, 0.2) is 0 Å². The molecule has 0 aromatic heterocycles. The van der Waals surface area contributed by atoms with E-state index in [2.05, 4.69) is 31.9 Å². The molecule has 294 valence electrons. The molecule has 1 aromatic rings. The lowest BCUT2D eigenvalue weighted by Crippen LogP contribution is -2.59. The number of carboxylic acids is 1. The van der Waals surface area contributed by atoms with Crippen molar-refractivity contribution in [3.63, 3.8) is 0 Å². The fraction of sp³-hybridized carbons (Fsp3) is 0.571. The highest BCUT2D eigenvalue weighted by Gasteiger charge is 2.33. The first-order valence-corrected chi connectivity index (χ1v) is 17.8. The molecule has 1 aliphatic rings. The predicted molar refractivity (Wildman–Crippen MR) is 195 cm³/mol. The van der Waals surface area contributed by atoms with Gasteiger partial charge in [0.1, 0.15) is 36.0 Å². The van der Waals surface area contributed by atoms with Crippen LogP contribution in [0.5, 0.6) is 5.75 Å². The van der Waals surface area contributed by atoms with Gasteiger partial charge in [-0.25, -0.2) is 9.59 Å². The average Bonchev–Trinajstić information content (AvgIpc) is 3.09. The minimum atomic E-state index is -1.31. The maximum absolute atomic E-state index is 13.9. The minimum absolute atomic E-state index is 0.00330. The molecule has 1 heterocycles. The Hall–Kier alpha value is -5.23. The van der Waals surface area contributed by atoms with E-state index in [-0.39, 0.29) is 63.2 Å². The molecule has 0 aliphatic carbocycles. The Labute approximate surface area is 308 Å². The number of nitrogens with one attached hydrogen (secondary N) is 6. The van der Waals surface area contributed by atoms with Gasteiger partial charge in [-0.1, -0.05) is 38.1 Å². The zero-order valence-corrected chi connectivity index (χ0v) is 30.3. The lowest BCUT2D eigenvalue weighted by Gasteiger charge is -2.27. The molecule has 0 saturated carbocycles. The molecule has 18 nitrogen and oxygen atoms in total. The summed E-state index contributed by atoms with van der Waals surface area (Å²) in [6, 6.07) is -2.08. The number of carboxylic acid groups (broad SMARTS) is 1. The first-order valence-electron chi connectivity index (χ1n) is 17.8. The molecule has 2 rings (SSSR count). The van der Waals surface area contributed by atoms with Gasteiger partial charge in [-0.3, -0.25) is 24.0 Å². The van der Waals surface area contributed by atoms with Crippen molar-refractivity contribution in [3.8, 4) is 5.75 Å². The standard InChI is InChI=1S/C35H55N9O9/c1-20(2)18-28(34(51)52)44-33(50)27(19-21-12-14-22(45)15-13-21)43-32(49)25-9-4-3-8-23(37)29(46)40-24(10-5-6-16-36)30(47)42-26(31(48)41-25)11-7-17-39-35(38)53/h3-4,12-15,20,23-28,45H,5-11,16-19,36-37H2,1-2H3,(H,40,46)(H,41,48)(H,42,47)(H,43,49)(H,44,50)(H,51,52)(H3,38,39,53)/b4-3+/t23-,24-,25-,26-,27-,28-/m0/s1. The number of aromatic hydroxyl groups is 1. The zero-order valence-electron chi connectivity index (χ0n) is 30.3. The number of phenols is 1. The Morgan fingerprint density at radius 1 is 0.849 bits per heavy atom. The van der Waals surface area contributed by atoms with Crippen LogP contribution in [0.25, 0.3) is 0 Å². The lowest BCUT2D eigenvalue weighted by atomic mass is 10.0. The average molecular weight is 746 g/mol. The highest BCUT2D eigenvalue weighted by Crippen LogP contribution is 2.14. The van der Waals surface area contributed by atoms with E-state index in [9.17, 15) is 43.8 Å². The van der Waals surface area contributed by atoms with Crippen molar-refractivity contribution in [2.75, 3.05) is 13.1 Å². The molecule has 0 saturated heterocycles. The van der Waals surface area contributed by atoms with Gasteiger partial charge in [0.25, 0.3) is 0 Å². The quantitative estimate of drug-likeness (QED) is 0.0661.